The molecule has 0 aromatic rings. The van der Waals surface area contributed by atoms with Crippen LogP contribution in [-0.4, -0.2) is 37.2 Å². The molecule has 406 valence electrons. The van der Waals surface area contributed by atoms with E-state index in [4.69, 9.17) is 14.2 Å². The highest BCUT2D eigenvalue weighted by Crippen LogP contribution is 2.13. The van der Waals surface area contributed by atoms with Crippen molar-refractivity contribution in [3.8, 4) is 0 Å². The fourth-order valence-corrected chi connectivity index (χ4v) is 7.14. The molecule has 0 saturated carbocycles. The Labute approximate surface area is 447 Å². The normalized spacial score (nSPS) is 13.4. The molecule has 6 nitrogen and oxygen atoms in total. The Balaban J connectivity index is 4.63. The molecule has 0 bridgehead atoms. The maximum absolute atomic E-state index is 12.9. The van der Waals surface area contributed by atoms with E-state index in [1.807, 2.05) is 72.9 Å². The predicted molar refractivity (Wildman–Crippen MR) is 315 cm³/mol. The summed E-state index contributed by atoms with van der Waals surface area (Å²) in [6.07, 6.45) is 87.7. The van der Waals surface area contributed by atoms with Crippen molar-refractivity contribution in [1.29, 1.82) is 0 Å². The van der Waals surface area contributed by atoms with E-state index in [1.165, 1.54) is 57.8 Å². The zero-order valence-corrected chi connectivity index (χ0v) is 46.3. The van der Waals surface area contributed by atoms with Crippen molar-refractivity contribution in [2.24, 2.45) is 0 Å². The second-order valence-corrected chi connectivity index (χ2v) is 18.3. The van der Waals surface area contributed by atoms with Crippen LogP contribution in [0.2, 0.25) is 0 Å². The molecule has 0 N–H and O–H groups in total. The van der Waals surface area contributed by atoms with Crippen LogP contribution in [0.3, 0.4) is 0 Å². The lowest BCUT2D eigenvalue weighted by atomic mass is 10.1. The van der Waals surface area contributed by atoms with Crippen molar-refractivity contribution < 1.29 is 28.6 Å². The standard InChI is InChI=1S/C67H102O6/c1-4-7-10-13-16-19-22-25-28-31-33-36-39-42-45-48-51-54-57-60-66(69)72-63-64(62-71-65(68)59-56-53-50-47-44-41-38-35-30-27-24-21-18-15-12-9-6-3)73-67(70)61-58-55-52-49-46-43-40-37-34-32-29-26-23-20-17-14-11-8-5-2/h7-8,10-11,13,16-17,19-20,22,25-31,33-34,36-39,41-42,45,47,50,64H,4-6,9,12,14-15,18,21,23-24,32,35,40,43-44,46,48-49,51-63H2,1-3H3/b10-7-,11-8-,16-13-,20-17-,22-19-,28-25-,29-26-,30-27-,33-31+,37-34-,39-36-,41-38-,45-42-,50-47-. The molecule has 6 heteroatoms. The summed E-state index contributed by atoms with van der Waals surface area (Å²) in [5.41, 5.74) is 0. The Morgan fingerprint density at radius 2 is 0.616 bits per heavy atom. The SMILES string of the molecule is CC\C=C/C=C\C=C/C=C\C=C\C=C/C=C\CCCCCC(=O)OCC(COC(=O)CCC/C=C\C/C=C\C/C=C\CCCCCCCC)OC(=O)CCCCCCCC/C=C\C/C=C\C/C=C\C/C=C\CC. The summed E-state index contributed by atoms with van der Waals surface area (Å²) in [6, 6.07) is 0. The summed E-state index contributed by atoms with van der Waals surface area (Å²) in [7, 11) is 0. The van der Waals surface area contributed by atoms with E-state index in [9.17, 15) is 14.4 Å². The monoisotopic (exact) mass is 1000 g/mol. The fourth-order valence-electron chi connectivity index (χ4n) is 7.14. The summed E-state index contributed by atoms with van der Waals surface area (Å²) in [4.78, 5) is 38.2. The summed E-state index contributed by atoms with van der Waals surface area (Å²) in [5, 5.41) is 0. The van der Waals surface area contributed by atoms with Crippen LogP contribution < -0.4 is 0 Å². The number of carbonyl (C=O) groups is 3. The molecule has 1 atom stereocenters. The molecule has 0 amide bonds. The van der Waals surface area contributed by atoms with E-state index < -0.39 is 6.10 Å². The van der Waals surface area contributed by atoms with Gasteiger partial charge in [-0.2, -0.15) is 0 Å². The number of ether oxygens (including phenoxy) is 3. The van der Waals surface area contributed by atoms with Gasteiger partial charge in [0.25, 0.3) is 0 Å². The second kappa shape index (κ2) is 59.3. The zero-order chi connectivity index (χ0) is 52.9. The quantitative estimate of drug-likeness (QED) is 0.0199. The molecule has 0 rings (SSSR count). The third-order valence-electron chi connectivity index (χ3n) is 11.4. The fraction of sp³-hybridized carbons (Fsp3) is 0.537. The molecule has 0 radical (unpaired) electrons. The number of esters is 3. The first-order chi connectivity index (χ1) is 36.0. The van der Waals surface area contributed by atoms with Crippen LogP contribution in [0.1, 0.15) is 213 Å². The van der Waals surface area contributed by atoms with Crippen LogP contribution in [-0.2, 0) is 28.6 Å². The predicted octanol–water partition coefficient (Wildman–Crippen LogP) is 19.5. The minimum atomic E-state index is -0.836. The Morgan fingerprint density at radius 1 is 0.301 bits per heavy atom. The van der Waals surface area contributed by atoms with Gasteiger partial charge in [-0.05, 0) is 109 Å². The van der Waals surface area contributed by atoms with Gasteiger partial charge in [-0.1, -0.05) is 255 Å². The molecule has 73 heavy (non-hydrogen) atoms. The summed E-state index contributed by atoms with van der Waals surface area (Å²) in [6.45, 7) is 6.26. The molecule has 0 spiro atoms. The summed E-state index contributed by atoms with van der Waals surface area (Å²) < 4.78 is 16.8. The van der Waals surface area contributed by atoms with Gasteiger partial charge in [-0.15, -0.1) is 0 Å². The molecule has 0 aliphatic heterocycles. The highest BCUT2D eigenvalue weighted by Gasteiger charge is 2.19. The van der Waals surface area contributed by atoms with Gasteiger partial charge in [-0.25, -0.2) is 0 Å². The maximum Gasteiger partial charge on any atom is 0.306 e. The number of unbranched alkanes of at least 4 members (excludes halogenated alkanes) is 16. The molecule has 1 unspecified atom stereocenters. The van der Waals surface area contributed by atoms with Crippen LogP contribution in [0.15, 0.2) is 170 Å². The first-order valence-electron chi connectivity index (χ1n) is 28.7. The second-order valence-electron chi connectivity index (χ2n) is 18.3. The number of hydrogen-bond acceptors (Lipinski definition) is 6. The minimum absolute atomic E-state index is 0.132. The highest BCUT2D eigenvalue weighted by molar-refractivity contribution is 5.71. The van der Waals surface area contributed by atoms with E-state index in [0.717, 1.165) is 103 Å². The number of allylic oxidation sites excluding steroid dienone is 28. The average molecular weight is 1000 g/mol. The highest BCUT2D eigenvalue weighted by atomic mass is 16.6. The minimum Gasteiger partial charge on any atom is -0.462 e. The van der Waals surface area contributed by atoms with E-state index in [0.29, 0.717) is 12.8 Å². The van der Waals surface area contributed by atoms with Gasteiger partial charge in [0.05, 0.1) is 0 Å². The van der Waals surface area contributed by atoms with Gasteiger partial charge in [0.15, 0.2) is 6.10 Å². The Kier molecular flexibility index (Phi) is 55.1. The molecule has 0 aromatic heterocycles. The van der Waals surface area contributed by atoms with E-state index in [1.54, 1.807) is 0 Å². The van der Waals surface area contributed by atoms with Gasteiger partial charge in [0, 0.05) is 19.3 Å². The van der Waals surface area contributed by atoms with E-state index in [-0.39, 0.29) is 50.4 Å². The lowest BCUT2D eigenvalue weighted by molar-refractivity contribution is -0.167. The van der Waals surface area contributed by atoms with Gasteiger partial charge in [0.1, 0.15) is 13.2 Å². The van der Waals surface area contributed by atoms with Crippen molar-refractivity contribution in [3.63, 3.8) is 0 Å². The largest absolute Gasteiger partial charge is 0.462 e. The zero-order valence-electron chi connectivity index (χ0n) is 46.3. The smallest absolute Gasteiger partial charge is 0.306 e. The molecular formula is C67H102O6. The van der Waals surface area contributed by atoms with Crippen LogP contribution in [0.25, 0.3) is 0 Å². The van der Waals surface area contributed by atoms with Crippen molar-refractivity contribution in [2.45, 2.75) is 219 Å². The lowest BCUT2D eigenvalue weighted by Crippen LogP contribution is -2.30. The molecule has 0 heterocycles. The molecule has 0 fully saturated rings. The molecular weight excluding hydrogens is 901 g/mol. The van der Waals surface area contributed by atoms with Crippen molar-refractivity contribution >= 4 is 17.9 Å². The molecule has 0 aromatic carbocycles. The molecule has 0 aliphatic rings. The maximum atomic E-state index is 12.9. The van der Waals surface area contributed by atoms with E-state index >= 15 is 0 Å². The van der Waals surface area contributed by atoms with Crippen LogP contribution in [0.5, 0.6) is 0 Å². The van der Waals surface area contributed by atoms with Crippen molar-refractivity contribution in [2.75, 3.05) is 13.2 Å². The number of rotatable bonds is 49. The molecule has 0 aliphatic carbocycles. The van der Waals surface area contributed by atoms with Crippen LogP contribution >= 0.6 is 0 Å². The first-order valence-corrected chi connectivity index (χ1v) is 28.7. The van der Waals surface area contributed by atoms with Gasteiger partial charge < -0.3 is 14.2 Å². The van der Waals surface area contributed by atoms with E-state index in [2.05, 4.69) is 118 Å². The topological polar surface area (TPSA) is 78.9 Å². The summed E-state index contributed by atoms with van der Waals surface area (Å²) in [5.74, 6) is -1.05. The van der Waals surface area contributed by atoms with Crippen molar-refractivity contribution in [3.05, 3.63) is 170 Å². The molecule has 0 saturated heterocycles. The van der Waals surface area contributed by atoms with Gasteiger partial charge in [0.2, 0.25) is 0 Å². The van der Waals surface area contributed by atoms with Crippen molar-refractivity contribution in [1.82, 2.24) is 0 Å². The van der Waals surface area contributed by atoms with Gasteiger partial charge >= 0.3 is 17.9 Å². The number of carbonyl (C=O) groups excluding carboxylic acids is 3. The third-order valence-corrected chi connectivity index (χ3v) is 11.4. The number of hydrogen-bond donors (Lipinski definition) is 0. The van der Waals surface area contributed by atoms with Crippen LogP contribution in [0.4, 0.5) is 0 Å². The Bertz CT molecular complexity index is 1720. The Morgan fingerprint density at radius 3 is 1.07 bits per heavy atom. The average Bonchev–Trinajstić information content (AvgIpc) is 3.39. The Hall–Kier alpha value is -5.23. The third kappa shape index (κ3) is 57.5. The van der Waals surface area contributed by atoms with Crippen LogP contribution in [0, 0.1) is 0 Å². The summed E-state index contributed by atoms with van der Waals surface area (Å²) >= 11 is 0. The first kappa shape index (κ1) is 67.8. The van der Waals surface area contributed by atoms with Gasteiger partial charge in [-0.3, -0.25) is 14.4 Å². The lowest BCUT2D eigenvalue weighted by Gasteiger charge is -2.18.